The molecule has 0 aliphatic heterocycles. The Bertz CT molecular complexity index is 223. The van der Waals surface area contributed by atoms with Crippen LogP contribution in [0.15, 0.2) is 5.38 Å². The van der Waals surface area contributed by atoms with Crippen molar-refractivity contribution in [3.63, 3.8) is 0 Å². The molecule has 1 heterocycles. The van der Waals surface area contributed by atoms with Crippen molar-refractivity contribution in [3.8, 4) is 0 Å². The highest BCUT2D eigenvalue weighted by molar-refractivity contribution is 7.03. The van der Waals surface area contributed by atoms with Crippen LogP contribution in [0.1, 0.15) is 32.6 Å². The summed E-state index contributed by atoms with van der Waals surface area (Å²) < 4.78 is 3.72. The molecule has 1 aromatic rings. The summed E-state index contributed by atoms with van der Waals surface area (Å²) in [6, 6.07) is 0. The molecule has 68 valence electrons. The van der Waals surface area contributed by atoms with Gasteiger partial charge in [-0.05, 0) is 23.4 Å². The maximum Gasteiger partial charge on any atom is 0.104 e. The fourth-order valence-electron chi connectivity index (χ4n) is 0.935. The van der Waals surface area contributed by atoms with Crippen LogP contribution >= 0.6 is 11.5 Å². The second kappa shape index (κ2) is 3.96. The minimum absolute atomic E-state index is 0.230. The van der Waals surface area contributed by atoms with Crippen molar-refractivity contribution in [3.05, 3.63) is 11.1 Å². The number of rotatable bonds is 3. The van der Waals surface area contributed by atoms with Gasteiger partial charge in [-0.3, -0.25) is 0 Å². The van der Waals surface area contributed by atoms with E-state index in [0.717, 1.165) is 0 Å². The number of nitrogens with zero attached hydrogens (tertiary/aromatic N) is 2. The van der Waals surface area contributed by atoms with E-state index in [1.807, 2.05) is 6.92 Å². The van der Waals surface area contributed by atoms with E-state index in [1.165, 1.54) is 11.5 Å². The number of hydrogen-bond donors (Lipinski definition) is 1. The Balaban J connectivity index is 2.65. The Morgan fingerprint density at radius 1 is 1.42 bits per heavy atom. The maximum absolute atomic E-state index is 9.75. The summed E-state index contributed by atoms with van der Waals surface area (Å²) in [5.74, 6) is 0.690. The van der Waals surface area contributed by atoms with Crippen LogP contribution in [0.5, 0.6) is 0 Å². The first-order valence-electron chi connectivity index (χ1n) is 4.08. The second-order valence-corrected chi connectivity index (χ2v) is 3.99. The third-order valence-corrected chi connectivity index (χ3v) is 2.75. The van der Waals surface area contributed by atoms with Crippen LogP contribution < -0.4 is 0 Å². The highest BCUT2D eigenvalue weighted by atomic mass is 32.1. The molecule has 0 bridgehead atoms. The summed E-state index contributed by atoms with van der Waals surface area (Å²) >= 11 is 1.28. The first kappa shape index (κ1) is 9.61. The SMILES string of the molecule is CC(C)C(C)C(O)c1csnn1. The predicted octanol–water partition coefficient (Wildman–Crippen LogP) is 1.86. The monoisotopic (exact) mass is 186 g/mol. The molecule has 0 aliphatic carbocycles. The molecule has 12 heavy (non-hydrogen) atoms. The van der Waals surface area contributed by atoms with Crippen molar-refractivity contribution in [2.24, 2.45) is 11.8 Å². The normalized spacial score (nSPS) is 16.4. The molecule has 3 nitrogen and oxygen atoms in total. The molecule has 1 N–H and O–H groups in total. The topological polar surface area (TPSA) is 46.0 Å². The van der Waals surface area contributed by atoms with Crippen molar-refractivity contribution >= 4 is 11.5 Å². The molecule has 0 aliphatic rings. The van der Waals surface area contributed by atoms with Crippen LogP contribution in [-0.4, -0.2) is 14.7 Å². The molecule has 0 radical (unpaired) electrons. The molecule has 4 heteroatoms. The molecule has 0 aromatic carbocycles. The standard InChI is InChI=1S/C8H14N2OS/c1-5(2)6(3)8(11)7-4-12-10-9-7/h4-6,8,11H,1-3H3. The quantitative estimate of drug-likeness (QED) is 0.783. The van der Waals surface area contributed by atoms with Gasteiger partial charge < -0.3 is 5.11 Å². The first-order valence-corrected chi connectivity index (χ1v) is 4.91. The van der Waals surface area contributed by atoms with E-state index in [0.29, 0.717) is 11.6 Å². The van der Waals surface area contributed by atoms with E-state index in [9.17, 15) is 5.11 Å². The molecule has 0 saturated carbocycles. The van der Waals surface area contributed by atoms with Crippen LogP contribution in [0.25, 0.3) is 0 Å². The van der Waals surface area contributed by atoms with Gasteiger partial charge in [0.1, 0.15) is 11.8 Å². The van der Waals surface area contributed by atoms with Gasteiger partial charge >= 0.3 is 0 Å². The average Bonchev–Trinajstić information content (AvgIpc) is 2.53. The lowest BCUT2D eigenvalue weighted by molar-refractivity contribution is 0.0882. The van der Waals surface area contributed by atoms with Crippen LogP contribution in [-0.2, 0) is 0 Å². The molecule has 2 unspecified atom stereocenters. The summed E-state index contributed by atoms with van der Waals surface area (Å²) in [6.07, 6.45) is -0.469. The fourth-order valence-corrected chi connectivity index (χ4v) is 1.42. The van der Waals surface area contributed by atoms with Crippen molar-refractivity contribution < 1.29 is 5.11 Å². The fraction of sp³-hybridized carbons (Fsp3) is 0.750. The van der Waals surface area contributed by atoms with E-state index in [1.54, 1.807) is 5.38 Å². The summed E-state index contributed by atoms with van der Waals surface area (Å²) in [6.45, 7) is 6.20. The summed E-state index contributed by atoms with van der Waals surface area (Å²) in [5.41, 5.74) is 0.696. The first-order chi connectivity index (χ1) is 5.63. The molecule has 2 atom stereocenters. The molecular weight excluding hydrogens is 172 g/mol. The van der Waals surface area contributed by atoms with Crippen molar-refractivity contribution in [1.82, 2.24) is 9.59 Å². The van der Waals surface area contributed by atoms with Gasteiger partial charge in [0.2, 0.25) is 0 Å². The van der Waals surface area contributed by atoms with Gasteiger partial charge in [0.05, 0.1) is 0 Å². The number of aromatic nitrogens is 2. The largest absolute Gasteiger partial charge is 0.386 e. The zero-order valence-electron chi connectivity index (χ0n) is 7.56. The zero-order chi connectivity index (χ0) is 9.14. The zero-order valence-corrected chi connectivity index (χ0v) is 8.38. The van der Waals surface area contributed by atoms with Gasteiger partial charge in [0.25, 0.3) is 0 Å². The molecule has 0 amide bonds. The Morgan fingerprint density at radius 3 is 2.50 bits per heavy atom. The second-order valence-electron chi connectivity index (χ2n) is 3.38. The lowest BCUT2D eigenvalue weighted by atomic mass is 9.91. The molecule has 1 aromatic heterocycles. The van der Waals surface area contributed by atoms with E-state index < -0.39 is 6.10 Å². The van der Waals surface area contributed by atoms with E-state index in [2.05, 4.69) is 23.4 Å². The van der Waals surface area contributed by atoms with E-state index in [-0.39, 0.29) is 5.92 Å². The summed E-state index contributed by atoms with van der Waals surface area (Å²) in [5, 5.41) is 15.4. The lowest BCUT2D eigenvalue weighted by Crippen LogP contribution is -2.15. The van der Waals surface area contributed by atoms with Crippen LogP contribution in [0.4, 0.5) is 0 Å². The Labute approximate surface area is 76.6 Å². The number of aliphatic hydroxyl groups excluding tert-OH is 1. The number of aliphatic hydroxyl groups is 1. The molecule has 0 saturated heterocycles. The number of hydrogen-bond acceptors (Lipinski definition) is 4. The van der Waals surface area contributed by atoms with Gasteiger partial charge in [-0.2, -0.15) is 0 Å². The lowest BCUT2D eigenvalue weighted by Gasteiger charge is -2.19. The van der Waals surface area contributed by atoms with Crippen LogP contribution in [0.3, 0.4) is 0 Å². The van der Waals surface area contributed by atoms with Crippen LogP contribution in [0, 0.1) is 11.8 Å². The summed E-state index contributed by atoms with van der Waals surface area (Å²) in [4.78, 5) is 0. The maximum atomic E-state index is 9.75. The van der Waals surface area contributed by atoms with Crippen molar-refractivity contribution in [2.45, 2.75) is 26.9 Å². The van der Waals surface area contributed by atoms with Crippen molar-refractivity contribution in [2.75, 3.05) is 0 Å². The van der Waals surface area contributed by atoms with E-state index >= 15 is 0 Å². The molecular formula is C8H14N2OS. The third-order valence-electron chi connectivity index (χ3n) is 2.23. The van der Waals surface area contributed by atoms with Crippen molar-refractivity contribution in [1.29, 1.82) is 0 Å². The highest BCUT2D eigenvalue weighted by Crippen LogP contribution is 2.26. The van der Waals surface area contributed by atoms with Gasteiger partial charge in [-0.15, -0.1) is 5.10 Å². The third kappa shape index (κ3) is 2.01. The Hall–Kier alpha value is -0.480. The minimum Gasteiger partial charge on any atom is -0.386 e. The predicted molar refractivity (Wildman–Crippen MR) is 48.9 cm³/mol. The molecule has 0 spiro atoms. The van der Waals surface area contributed by atoms with Gasteiger partial charge in [-0.25, -0.2) is 0 Å². The van der Waals surface area contributed by atoms with E-state index in [4.69, 9.17) is 0 Å². The van der Waals surface area contributed by atoms with Crippen LogP contribution in [0.2, 0.25) is 0 Å². The van der Waals surface area contributed by atoms with Gasteiger partial charge in [-0.1, -0.05) is 25.3 Å². The Kier molecular flexibility index (Phi) is 3.17. The average molecular weight is 186 g/mol. The smallest absolute Gasteiger partial charge is 0.104 e. The van der Waals surface area contributed by atoms with Gasteiger partial charge in [0.15, 0.2) is 0 Å². The minimum atomic E-state index is -0.469. The summed E-state index contributed by atoms with van der Waals surface area (Å²) in [7, 11) is 0. The highest BCUT2D eigenvalue weighted by Gasteiger charge is 2.21. The molecule has 1 rings (SSSR count). The van der Waals surface area contributed by atoms with Gasteiger partial charge in [0, 0.05) is 5.38 Å². The Morgan fingerprint density at radius 2 is 2.08 bits per heavy atom. The molecule has 0 fully saturated rings.